The molecule has 0 aliphatic heterocycles. The van der Waals surface area contributed by atoms with Crippen molar-refractivity contribution >= 4 is 27.5 Å². The second kappa shape index (κ2) is 15.8. The standard InChI is InChI=1S/C23H40N2O4S2/c1-7-24-11-12-25-22(26)19-9-8-10-20(15-19)29-17-21(30-31-23(4,5)6)28-14-13-27-16-18(2)3/h8-10,15,18,21,24H,7,11-14,16-17H2,1-6H3,(H,25,26). The number of hydrogen-bond donors (Lipinski definition) is 2. The first-order valence-electron chi connectivity index (χ1n) is 11.0. The summed E-state index contributed by atoms with van der Waals surface area (Å²) < 4.78 is 17.7. The molecule has 0 spiro atoms. The van der Waals surface area contributed by atoms with E-state index in [4.69, 9.17) is 14.2 Å². The number of carbonyl (C=O) groups is 1. The highest BCUT2D eigenvalue weighted by Gasteiger charge is 2.18. The maximum absolute atomic E-state index is 12.3. The highest BCUT2D eigenvalue weighted by atomic mass is 33.1. The fraction of sp³-hybridized carbons (Fsp3) is 0.696. The third-order valence-electron chi connectivity index (χ3n) is 3.71. The number of ether oxygens (including phenoxy) is 3. The molecule has 2 N–H and O–H groups in total. The second-order valence-corrected chi connectivity index (χ2v) is 11.7. The Balaban J connectivity index is 2.55. The number of nitrogens with one attached hydrogen (secondary N) is 2. The van der Waals surface area contributed by atoms with Crippen LogP contribution in [0.1, 0.15) is 51.9 Å². The average molecular weight is 473 g/mol. The summed E-state index contributed by atoms with van der Waals surface area (Å²) in [7, 11) is 3.43. The minimum absolute atomic E-state index is 0.101. The zero-order valence-electron chi connectivity index (χ0n) is 19.9. The lowest BCUT2D eigenvalue weighted by atomic mass is 10.2. The van der Waals surface area contributed by atoms with Crippen molar-refractivity contribution < 1.29 is 19.0 Å². The molecule has 0 aromatic heterocycles. The zero-order chi connectivity index (χ0) is 23.1. The summed E-state index contributed by atoms with van der Waals surface area (Å²) in [5, 5.41) is 6.09. The maximum atomic E-state index is 12.3. The molecule has 8 heteroatoms. The van der Waals surface area contributed by atoms with E-state index >= 15 is 0 Å². The summed E-state index contributed by atoms with van der Waals surface area (Å²) in [5.41, 5.74) is 0.453. The van der Waals surface area contributed by atoms with Crippen LogP contribution >= 0.6 is 21.6 Å². The Morgan fingerprint density at radius 1 is 1.13 bits per heavy atom. The van der Waals surface area contributed by atoms with Gasteiger partial charge in [0.25, 0.3) is 5.91 Å². The van der Waals surface area contributed by atoms with Crippen molar-refractivity contribution in [3.8, 4) is 5.75 Å². The number of likely N-dealkylation sites (N-methyl/N-ethyl adjacent to an activating group) is 1. The van der Waals surface area contributed by atoms with E-state index < -0.39 is 0 Å². The topological polar surface area (TPSA) is 68.8 Å². The summed E-state index contributed by atoms with van der Waals surface area (Å²) in [6.45, 7) is 17.3. The van der Waals surface area contributed by atoms with E-state index in [1.165, 1.54) is 0 Å². The molecule has 0 fully saturated rings. The number of benzene rings is 1. The molecule has 0 aliphatic carbocycles. The summed E-state index contributed by atoms with van der Waals surface area (Å²) in [6.07, 6.45) is 0. The third-order valence-corrected chi connectivity index (χ3v) is 7.22. The van der Waals surface area contributed by atoms with Crippen LogP contribution in [0.2, 0.25) is 0 Å². The van der Waals surface area contributed by atoms with Gasteiger partial charge < -0.3 is 24.8 Å². The van der Waals surface area contributed by atoms with Crippen molar-refractivity contribution in [3.63, 3.8) is 0 Å². The molecule has 1 rings (SSSR count). The highest BCUT2D eigenvalue weighted by molar-refractivity contribution is 8.77. The minimum Gasteiger partial charge on any atom is -0.490 e. The van der Waals surface area contributed by atoms with Gasteiger partial charge >= 0.3 is 0 Å². The Morgan fingerprint density at radius 3 is 2.58 bits per heavy atom. The van der Waals surface area contributed by atoms with Gasteiger partial charge in [-0.3, -0.25) is 4.79 Å². The first-order chi connectivity index (χ1) is 14.7. The fourth-order valence-corrected chi connectivity index (χ4v) is 4.49. The van der Waals surface area contributed by atoms with Crippen molar-refractivity contribution in [2.45, 2.75) is 51.7 Å². The molecule has 1 atom stereocenters. The van der Waals surface area contributed by atoms with Gasteiger partial charge in [0.15, 0.2) is 0 Å². The van der Waals surface area contributed by atoms with Crippen LogP contribution in [0.25, 0.3) is 0 Å². The van der Waals surface area contributed by atoms with Crippen LogP contribution in [0.5, 0.6) is 5.75 Å². The molecule has 1 unspecified atom stereocenters. The van der Waals surface area contributed by atoms with E-state index in [0.29, 0.717) is 43.6 Å². The van der Waals surface area contributed by atoms with Gasteiger partial charge in [0.05, 0.1) is 13.2 Å². The van der Waals surface area contributed by atoms with E-state index in [0.717, 1.165) is 19.7 Å². The van der Waals surface area contributed by atoms with Gasteiger partial charge in [-0.05, 0) is 30.7 Å². The van der Waals surface area contributed by atoms with Crippen molar-refractivity contribution in [1.29, 1.82) is 0 Å². The van der Waals surface area contributed by atoms with Gasteiger partial charge in [-0.1, -0.05) is 69.2 Å². The molecule has 0 heterocycles. The first-order valence-corrected chi connectivity index (χ1v) is 13.2. The van der Waals surface area contributed by atoms with Crippen LogP contribution in [0.3, 0.4) is 0 Å². The lowest BCUT2D eigenvalue weighted by Gasteiger charge is -2.22. The van der Waals surface area contributed by atoms with E-state index in [-0.39, 0.29) is 16.1 Å². The lowest BCUT2D eigenvalue weighted by molar-refractivity contribution is 0.0165. The molecule has 6 nitrogen and oxygen atoms in total. The Bertz CT molecular complexity index is 624. The monoisotopic (exact) mass is 472 g/mol. The summed E-state index contributed by atoms with van der Waals surface area (Å²) >= 11 is 0. The van der Waals surface area contributed by atoms with Gasteiger partial charge in [0, 0.05) is 30.0 Å². The molecule has 0 radical (unpaired) electrons. The molecule has 0 saturated carbocycles. The Labute approximate surface area is 196 Å². The largest absolute Gasteiger partial charge is 0.490 e. The van der Waals surface area contributed by atoms with E-state index in [1.54, 1.807) is 33.7 Å². The van der Waals surface area contributed by atoms with Gasteiger partial charge in [-0.25, -0.2) is 0 Å². The molecule has 0 aliphatic rings. The van der Waals surface area contributed by atoms with Crippen LogP contribution in [0, 0.1) is 5.92 Å². The van der Waals surface area contributed by atoms with Crippen molar-refractivity contribution in [3.05, 3.63) is 29.8 Å². The highest BCUT2D eigenvalue weighted by Crippen LogP contribution is 2.38. The van der Waals surface area contributed by atoms with Gasteiger partial charge in [-0.15, -0.1) is 0 Å². The molecular weight excluding hydrogens is 432 g/mol. The first kappa shape index (κ1) is 28.1. The van der Waals surface area contributed by atoms with Crippen LogP contribution < -0.4 is 15.4 Å². The van der Waals surface area contributed by atoms with Crippen LogP contribution in [0.4, 0.5) is 0 Å². The molecular formula is C23H40N2O4S2. The predicted octanol–water partition coefficient (Wildman–Crippen LogP) is 4.60. The SMILES string of the molecule is CCNCCNC(=O)c1cccc(OCC(OCCOCC(C)C)SSC(C)(C)C)c1. The van der Waals surface area contributed by atoms with Gasteiger partial charge in [0.2, 0.25) is 0 Å². The predicted molar refractivity (Wildman–Crippen MR) is 133 cm³/mol. The normalized spacial score (nSPS) is 12.7. The van der Waals surface area contributed by atoms with Crippen molar-refractivity contribution in [2.75, 3.05) is 46.1 Å². The number of carbonyl (C=O) groups excluding carboxylic acids is 1. The average Bonchev–Trinajstić information content (AvgIpc) is 2.71. The molecule has 178 valence electrons. The number of hydrogen-bond acceptors (Lipinski definition) is 7. The third kappa shape index (κ3) is 14.7. The molecule has 0 saturated heterocycles. The molecule has 1 aromatic carbocycles. The zero-order valence-corrected chi connectivity index (χ0v) is 21.5. The fourth-order valence-electron chi connectivity index (χ4n) is 2.29. The molecule has 0 bridgehead atoms. The Hall–Kier alpha value is -0.930. The van der Waals surface area contributed by atoms with Crippen LogP contribution in [-0.4, -0.2) is 62.2 Å². The van der Waals surface area contributed by atoms with Gasteiger partial charge in [0.1, 0.15) is 17.8 Å². The molecule has 1 aromatic rings. The molecule has 1 amide bonds. The van der Waals surface area contributed by atoms with Crippen molar-refractivity contribution in [1.82, 2.24) is 10.6 Å². The van der Waals surface area contributed by atoms with E-state index in [1.807, 2.05) is 19.1 Å². The number of rotatable bonds is 16. The van der Waals surface area contributed by atoms with Crippen LogP contribution in [0.15, 0.2) is 24.3 Å². The molecule has 31 heavy (non-hydrogen) atoms. The number of amides is 1. The summed E-state index contributed by atoms with van der Waals surface area (Å²) in [4.78, 5) is 12.3. The smallest absolute Gasteiger partial charge is 0.251 e. The van der Waals surface area contributed by atoms with Crippen LogP contribution in [-0.2, 0) is 9.47 Å². The van der Waals surface area contributed by atoms with Gasteiger partial charge in [-0.2, -0.15) is 0 Å². The van der Waals surface area contributed by atoms with E-state index in [2.05, 4.69) is 45.3 Å². The van der Waals surface area contributed by atoms with E-state index in [9.17, 15) is 4.79 Å². The summed E-state index contributed by atoms with van der Waals surface area (Å²) in [6, 6.07) is 7.26. The quantitative estimate of drug-likeness (QED) is 0.207. The maximum Gasteiger partial charge on any atom is 0.251 e. The Morgan fingerprint density at radius 2 is 1.90 bits per heavy atom. The van der Waals surface area contributed by atoms with Crippen molar-refractivity contribution in [2.24, 2.45) is 5.92 Å². The second-order valence-electron chi connectivity index (χ2n) is 8.51. The summed E-state index contributed by atoms with van der Waals surface area (Å²) in [5.74, 6) is 1.07. The Kier molecular flexibility index (Phi) is 14.3. The minimum atomic E-state index is -0.135. The lowest BCUT2D eigenvalue weighted by Crippen LogP contribution is -2.31.